The van der Waals surface area contributed by atoms with E-state index in [9.17, 15) is 9.59 Å². The van der Waals surface area contributed by atoms with Gasteiger partial charge in [0.15, 0.2) is 0 Å². The summed E-state index contributed by atoms with van der Waals surface area (Å²) in [5.41, 5.74) is 0. The van der Waals surface area contributed by atoms with Gasteiger partial charge < -0.3 is 10.1 Å². The molecular formula is C15H41NO2. The summed E-state index contributed by atoms with van der Waals surface area (Å²) in [7, 11) is 0. The van der Waals surface area contributed by atoms with Crippen molar-refractivity contribution in [2.45, 2.75) is 84.1 Å². The highest BCUT2D eigenvalue weighted by Gasteiger charge is 1.79. The van der Waals surface area contributed by atoms with Crippen LogP contribution < -0.4 is 5.32 Å². The SMILES string of the molecule is C.C.C.C.CCC.CCC(C)=O.CCNC(C)=O. The van der Waals surface area contributed by atoms with E-state index in [4.69, 9.17) is 0 Å². The van der Waals surface area contributed by atoms with Crippen molar-refractivity contribution in [3.63, 3.8) is 0 Å². The molecule has 18 heavy (non-hydrogen) atoms. The Balaban J connectivity index is -0.0000000189. The van der Waals surface area contributed by atoms with E-state index in [1.165, 1.54) is 13.3 Å². The third-order valence-electron chi connectivity index (χ3n) is 0.924. The maximum Gasteiger partial charge on any atom is 0.216 e. The van der Waals surface area contributed by atoms with Crippen LogP contribution in [0.1, 0.15) is 84.1 Å². The van der Waals surface area contributed by atoms with Crippen molar-refractivity contribution in [3.05, 3.63) is 0 Å². The molecule has 0 spiro atoms. The molecule has 0 aromatic rings. The minimum Gasteiger partial charge on any atom is -0.357 e. The summed E-state index contributed by atoms with van der Waals surface area (Å²) in [6, 6.07) is 0. The maximum atomic E-state index is 9.93. The topological polar surface area (TPSA) is 46.2 Å². The van der Waals surface area contributed by atoms with Crippen LogP contribution in [0.2, 0.25) is 0 Å². The molecule has 0 aliphatic rings. The number of hydrogen-bond donors (Lipinski definition) is 1. The largest absolute Gasteiger partial charge is 0.357 e. The highest BCUT2D eigenvalue weighted by molar-refractivity contribution is 5.74. The third-order valence-corrected chi connectivity index (χ3v) is 0.924. The Morgan fingerprint density at radius 3 is 1.06 bits per heavy atom. The summed E-state index contributed by atoms with van der Waals surface area (Å²) in [6.07, 6.45) is 1.92. The molecule has 0 radical (unpaired) electrons. The van der Waals surface area contributed by atoms with Gasteiger partial charge in [-0.1, -0.05) is 56.9 Å². The van der Waals surface area contributed by atoms with E-state index in [1.807, 2.05) is 13.8 Å². The summed E-state index contributed by atoms with van der Waals surface area (Å²) in [6.45, 7) is 11.8. The van der Waals surface area contributed by atoms with Crippen LogP contribution in [0, 0.1) is 0 Å². The van der Waals surface area contributed by atoms with Gasteiger partial charge in [-0.15, -0.1) is 0 Å². The fourth-order valence-electron chi connectivity index (χ4n) is 0.249. The predicted octanol–water partition coefficient (Wildman–Crippen LogP) is 5.09. The fraction of sp³-hybridized carbons (Fsp3) is 0.867. The second-order valence-corrected chi connectivity index (χ2v) is 2.85. The lowest BCUT2D eigenvalue weighted by atomic mass is 10.4. The average molecular weight is 267 g/mol. The Morgan fingerprint density at radius 2 is 1.06 bits per heavy atom. The van der Waals surface area contributed by atoms with E-state index >= 15 is 0 Å². The molecule has 0 unspecified atom stereocenters. The number of Topliss-reactive ketones (excluding diaryl/α,β-unsaturated/α-hetero) is 1. The normalized spacial score (nSPS) is 5.67. The van der Waals surface area contributed by atoms with E-state index in [0.29, 0.717) is 6.42 Å². The molecule has 0 fully saturated rings. The lowest BCUT2D eigenvalue weighted by Crippen LogP contribution is -2.18. The number of amides is 1. The molecule has 0 rings (SSSR count). The van der Waals surface area contributed by atoms with Crippen molar-refractivity contribution in [1.29, 1.82) is 0 Å². The van der Waals surface area contributed by atoms with E-state index in [0.717, 1.165) is 6.54 Å². The highest BCUT2D eigenvalue weighted by Crippen LogP contribution is 1.71. The van der Waals surface area contributed by atoms with Gasteiger partial charge in [0.2, 0.25) is 5.91 Å². The minimum atomic E-state index is 0. The highest BCUT2D eigenvalue weighted by atomic mass is 16.1. The smallest absolute Gasteiger partial charge is 0.216 e. The molecule has 1 N–H and O–H groups in total. The van der Waals surface area contributed by atoms with Crippen molar-refractivity contribution >= 4 is 11.7 Å². The Bertz CT molecular complexity index is 134. The number of rotatable bonds is 2. The van der Waals surface area contributed by atoms with Gasteiger partial charge in [0, 0.05) is 19.9 Å². The minimum absolute atomic E-state index is 0. The number of carbonyl (C=O) groups excluding carboxylic acids is 2. The second kappa shape index (κ2) is 44.3. The summed E-state index contributed by atoms with van der Waals surface area (Å²) in [4.78, 5) is 19.7. The molecule has 0 aromatic heterocycles. The zero-order chi connectivity index (χ0) is 12.0. The van der Waals surface area contributed by atoms with Crippen molar-refractivity contribution in [3.8, 4) is 0 Å². The van der Waals surface area contributed by atoms with Crippen LogP contribution in [0.25, 0.3) is 0 Å². The second-order valence-electron chi connectivity index (χ2n) is 2.85. The molecule has 0 bridgehead atoms. The van der Waals surface area contributed by atoms with Crippen molar-refractivity contribution in [1.82, 2.24) is 5.32 Å². The van der Waals surface area contributed by atoms with Crippen molar-refractivity contribution < 1.29 is 9.59 Å². The molecule has 0 heterocycles. The molecule has 0 aliphatic carbocycles. The number of nitrogens with one attached hydrogen (secondary N) is 1. The van der Waals surface area contributed by atoms with Crippen LogP contribution in [0.15, 0.2) is 0 Å². The lowest BCUT2D eigenvalue weighted by molar-refractivity contribution is -0.119. The summed E-state index contributed by atoms with van der Waals surface area (Å²) >= 11 is 0. The Morgan fingerprint density at radius 1 is 0.833 bits per heavy atom. The first-order chi connectivity index (χ1) is 6.45. The van der Waals surface area contributed by atoms with Gasteiger partial charge in [0.05, 0.1) is 0 Å². The number of ketones is 1. The van der Waals surface area contributed by atoms with Crippen LogP contribution in [-0.2, 0) is 9.59 Å². The molecule has 0 aliphatic heterocycles. The molecular weight excluding hydrogens is 226 g/mol. The van der Waals surface area contributed by atoms with Gasteiger partial charge in [0.1, 0.15) is 5.78 Å². The summed E-state index contributed by atoms with van der Waals surface area (Å²) in [5, 5.41) is 2.57. The van der Waals surface area contributed by atoms with Gasteiger partial charge in [-0.05, 0) is 13.8 Å². The molecule has 3 nitrogen and oxygen atoms in total. The van der Waals surface area contributed by atoms with Gasteiger partial charge in [-0.25, -0.2) is 0 Å². The number of carbonyl (C=O) groups is 2. The molecule has 0 aromatic carbocycles. The Labute approximate surface area is 118 Å². The molecule has 1 amide bonds. The van der Waals surface area contributed by atoms with Crippen LogP contribution in [-0.4, -0.2) is 18.2 Å². The standard InChI is InChI=1S/C4H9NO.C4H8O.C3H8.4CH4/c1-3-5-4(2)6;1-3-4(2)5;1-3-2;;;;/h3H2,1-2H3,(H,5,6);3H2,1-2H3;3H2,1-2H3;4*1H4. The quantitative estimate of drug-likeness (QED) is 0.757. The number of hydrogen-bond acceptors (Lipinski definition) is 2. The summed E-state index contributed by atoms with van der Waals surface area (Å²) in [5.74, 6) is 0.294. The zero-order valence-corrected chi connectivity index (χ0v) is 10.4. The lowest BCUT2D eigenvalue weighted by Gasteiger charge is -1.88. The molecule has 118 valence electrons. The van der Waals surface area contributed by atoms with Gasteiger partial charge in [-0.2, -0.15) is 0 Å². The molecule has 3 heteroatoms. The van der Waals surface area contributed by atoms with E-state index < -0.39 is 0 Å². The van der Waals surface area contributed by atoms with Crippen molar-refractivity contribution in [2.75, 3.05) is 6.54 Å². The molecule has 0 atom stereocenters. The Hall–Kier alpha value is -0.860. The van der Waals surface area contributed by atoms with Gasteiger partial charge in [0.25, 0.3) is 0 Å². The van der Waals surface area contributed by atoms with Gasteiger partial charge >= 0.3 is 0 Å². The van der Waals surface area contributed by atoms with E-state index in [-0.39, 0.29) is 41.4 Å². The van der Waals surface area contributed by atoms with Crippen LogP contribution in [0.5, 0.6) is 0 Å². The predicted molar refractivity (Wildman–Crippen MR) is 88.2 cm³/mol. The molecule has 0 saturated carbocycles. The maximum absolute atomic E-state index is 9.93. The van der Waals surface area contributed by atoms with Crippen molar-refractivity contribution in [2.24, 2.45) is 0 Å². The fourth-order valence-corrected chi connectivity index (χ4v) is 0.249. The molecule has 0 saturated heterocycles. The van der Waals surface area contributed by atoms with Crippen LogP contribution >= 0.6 is 0 Å². The van der Waals surface area contributed by atoms with Crippen LogP contribution in [0.3, 0.4) is 0 Å². The van der Waals surface area contributed by atoms with E-state index in [2.05, 4.69) is 19.2 Å². The average Bonchev–Trinajstić information content (AvgIpc) is 2.06. The first kappa shape index (κ1) is 43.4. The first-order valence-corrected chi connectivity index (χ1v) is 5.19. The zero-order valence-electron chi connectivity index (χ0n) is 10.4. The van der Waals surface area contributed by atoms with Crippen LogP contribution in [0.4, 0.5) is 0 Å². The Kier molecular flexibility index (Phi) is 107. The first-order valence-electron chi connectivity index (χ1n) is 5.19. The van der Waals surface area contributed by atoms with E-state index in [1.54, 1.807) is 6.92 Å². The monoisotopic (exact) mass is 267 g/mol. The summed E-state index contributed by atoms with van der Waals surface area (Å²) < 4.78 is 0. The van der Waals surface area contributed by atoms with Gasteiger partial charge in [-0.3, -0.25) is 4.79 Å². The third kappa shape index (κ3) is 177.